The van der Waals surface area contributed by atoms with Crippen molar-refractivity contribution in [2.24, 2.45) is 5.92 Å². The minimum atomic E-state index is 0.583. The maximum Gasteiger partial charge on any atom is 0.225 e. The fraction of sp³-hybridized carbons (Fsp3) is 0.750. The minimum absolute atomic E-state index is 0.583. The second-order valence-corrected chi connectivity index (χ2v) is 6.10. The van der Waals surface area contributed by atoms with Gasteiger partial charge in [0.15, 0.2) is 0 Å². The average molecular weight is 292 g/mol. The van der Waals surface area contributed by atoms with Crippen LogP contribution in [-0.2, 0) is 11.3 Å². The molecule has 5 nitrogen and oxygen atoms in total. The number of hydrogen-bond acceptors (Lipinski definition) is 5. The van der Waals surface area contributed by atoms with Crippen molar-refractivity contribution in [3.05, 3.63) is 18.0 Å². The Morgan fingerprint density at radius 2 is 2.10 bits per heavy atom. The van der Waals surface area contributed by atoms with Crippen molar-refractivity contribution in [3.8, 4) is 0 Å². The van der Waals surface area contributed by atoms with Gasteiger partial charge in [0, 0.05) is 51.2 Å². The number of hydrogen-bond donors (Lipinski definition) is 1. The molecule has 1 saturated carbocycles. The summed E-state index contributed by atoms with van der Waals surface area (Å²) in [7, 11) is 3.83. The predicted octanol–water partition coefficient (Wildman–Crippen LogP) is 2.23. The molecule has 1 heterocycles. The maximum absolute atomic E-state index is 5.01. The topological polar surface area (TPSA) is 50.3 Å². The number of nitrogens with one attached hydrogen (secondary N) is 1. The van der Waals surface area contributed by atoms with Gasteiger partial charge in [-0.2, -0.15) is 0 Å². The largest absolute Gasteiger partial charge is 0.383 e. The van der Waals surface area contributed by atoms with Crippen LogP contribution in [0.5, 0.6) is 0 Å². The van der Waals surface area contributed by atoms with Crippen LogP contribution in [0.15, 0.2) is 12.4 Å². The molecule has 2 atom stereocenters. The second-order valence-electron chi connectivity index (χ2n) is 6.10. The van der Waals surface area contributed by atoms with Gasteiger partial charge < -0.3 is 15.0 Å². The lowest BCUT2D eigenvalue weighted by Gasteiger charge is -2.34. The third-order valence-electron chi connectivity index (χ3n) is 4.28. The van der Waals surface area contributed by atoms with E-state index in [9.17, 15) is 0 Å². The molecule has 1 aliphatic carbocycles. The molecule has 2 rings (SSSR count). The van der Waals surface area contributed by atoms with Gasteiger partial charge in [0.25, 0.3) is 0 Å². The monoisotopic (exact) mass is 292 g/mol. The number of aromatic nitrogens is 2. The summed E-state index contributed by atoms with van der Waals surface area (Å²) in [5.41, 5.74) is 1.11. The highest BCUT2D eigenvalue weighted by molar-refractivity contribution is 5.30. The van der Waals surface area contributed by atoms with Crippen LogP contribution < -0.4 is 10.2 Å². The van der Waals surface area contributed by atoms with Crippen molar-refractivity contribution < 1.29 is 4.74 Å². The Hall–Kier alpha value is -1.20. The van der Waals surface area contributed by atoms with E-state index in [-0.39, 0.29) is 0 Å². The zero-order valence-electron chi connectivity index (χ0n) is 13.5. The van der Waals surface area contributed by atoms with Gasteiger partial charge in [-0.25, -0.2) is 9.97 Å². The fourth-order valence-corrected chi connectivity index (χ4v) is 2.95. The number of ether oxygens (including phenoxy) is 1. The van der Waals surface area contributed by atoms with E-state index < -0.39 is 0 Å². The minimum Gasteiger partial charge on any atom is -0.383 e. The smallest absolute Gasteiger partial charge is 0.225 e. The molecule has 0 amide bonds. The lowest BCUT2D eigenvalue weighted by Crippen LogP contribution is -2.36. The van der Waals surface area contributed by atoms with E-state index in [2.05, 4.69) is 34.2 Å². The highest BCUT2D eigenvalue weighted by Gasteiger charge is 2.23. The molecular weight excluding hydrogens is 264 g/mol. The summed E-state index contributed by atoms with van der Waals surface area (Å²) < 4.78 is 5.01. The Labute approximate surface area is 128 Å². The Morgan fingerprint density at radius 3 is 2.76 bits per heavy atom. The summed E-state index contributed by atoms with van der Waals surface area (Å²) in [6.07, 6.45) is 9.02. The summed E-state index contributed by atoms with van der Waals surface area (Å²) in [6, 6.07) is 0.583. The van der Waals surface area contributed by atoms with Crippen LogP contribution in [0.1, 0.15) is 38.2 Å². The molecule has 118 valence electrons. The first-order valence-corrected chi connectivity index (χ1v) is 7.94. The summed E-state index contributed by atoms with van der Waals surface area (Å²) in [5, 5.41) is 3.30. The van der Waals surface area contributed by atoms with E-state index in [0.717, 1.165) is 37.1 Å². The van der Waals surface area contributed by atoms with Crippen molar-refractivity contribution in [2.75, 3.05) is 32.2 Å². The molecular formula is C16H28N4O. The molecule has 1 aromatic rings. The average Bonchev–Trinajstić information content (AvgIpc) is 2.51. The zero-order valence-corrected chi connectivity index (χ0v) is 13.5. The molecule has 0 spiro atoms. The van der Waals surface area contributed by atoms with Crippen LogP contribution >= 0.6 is 0 Å². The standard InChI is InChI=1S/C16H28N4O/c1-13-5-4-6-15(9-13)20(2)16-18-11-14(12-19-16)10-17-7-8-21-3/h11-13,15,17H,4-10H2,1-3H3. The summed E-state index contributed by atoms with van der Waals surface area (Å²) in [6.45, 7) is 4.70. The second kappa shape index (κ2) is 8.29. The first-order chi connectivity index (χ1) is 10.2. The van der Waals surface area contributed by atoms with E-state index in [0.29, 0.717) is 6.04 Å². The van der Waals surface area contributed by atoms with Crippen LogP contribution in [0.4, 0.5) is 5.95 Å². The summed E-state index contributed by atoms with van der Waals surface area (Å²) >= 11 is 0. The molecule has 1 N–H and O–H groups in total. The Balaban J connectivity index is 1.85. The summed E-state index contributed by atoms with van der Waals surface area (Å²) in [5.74, 6) is 1.66. The van der Waals surface area contributed by atoms with Gasteiger partial charge >= 0.3 is 0 Å². The third kappa shape index (κ3) is 4.93. The van der Waals surface area contributed by atoms with Gasteiger partial charge in [-0.15, -0.1) is 0 Å². The molecule has 0 bridgehead atoms. The predicted molar refractivity (Wildman–Crippen MR) is 85.4 cm³/mol. The van der Waals surface area contributed by atoms with Gasteiger partial charge in [0.2, 0.25) is 5.95 Å². The van der Waals surface area contributed by atoms with E-state index in [1.807, 2.05) is 12.4 Å². The van der Waals surface area contributed by atoms with E-state index in [1.54, 1.807) is 7.11 Å². The van der Waals surface area contributed by atoms with Gasteiger partial charge in [0.1, 0.15) is 0 Å². The number of anilines is 1. The van der Waals surface area contributed by atoms with Crippen LogP contribution in [0.2, 0.25) is 0 Å². The molecule has 0 aromatic carbocycles. The SMILES string of the molecule is COCCNCc1cnc(N(C)C2CCCC(C)C2)nc1. The quantitative estimate of drug-likeness (QED) is 0.781. The number of nitrogens with zero attached hydrogens (tertiary/aromatic N) is 3. The van der Waals surface area contributed by atoms with Crippen molar-refractivity contribution in [1.82, 2.24) is 15.3 Å². The fourth-order valence-electron chi connectivity index (χ4n) is 2.95. The lowest BCUT2D eigenvalue weighted by molar-refractivity contribution is 0.199. The van der Waals surface area contributed by atoms with Gasteiger partial charge in [-0.1, -0.05) is 19.8 Å². The molecule has 21 heavy (non-hydrogen) atoms. The molecule has 0 radical (unpaired) electrons. The van der Waals surface area contributed by atoms with Crippen LogP contribution in [0.25, 0.3) is 0 Å². The zero-order chi connectivity index (χ0) is 15.1. The van der Waals surface area contributed by atoms with E-state index in [1.165, 1.54) is 25.7 Å². The van der Waals surface area contributed by atoms with Crippen molar-refractivity contribution >= 4 is 5.95 Å². The van der Waals surface area contributed by atoms with Crippen molar-refractivity contribution in [2.45, 2.75) is 45.2 Å². The number of rotatable bonds is 7. The van der Waals surface area contributed by atoms with Crippen LogP contribution in [0.3, 0.4) is 0 Å². The lowest BCUT2D eigenvalue weighted by atomic mass is 9.86. The Bertz CT molecular complexity index is 409. The molecule has 1 aromatic heterocycles. The maximum atomic E-state index is 5.01. The summed E-state index contributed by atoms with van der Waals surface area (Å²) in [4.78, 5) is 11.3. The first kappa shape index (κ1) is 16.2. The molecule has 0 aliphatic heterocycles. The first-order valence-electron chi connectivity index (χ1n) is 7.94. The third-order valence-corrected chi connectivity index (χ3v) is 4.28. The van der Waals surface area contributed by atoms with E-state index >= 15 is 0 Å². The molecule has 2 unspecified atom stereocenters. The van der Waals surface area contributed by atoms with Crippen LogP contribution in [0, 0.1) is 5.92 Å². The van der Waals surface area contributed by atoms with Crippen molar-refractivity contribution in [3.63, 3.8) is 0 Å². The molecule has 1 fully saturated rings. The van der Waals surface area contributed by atoms with Crippen molar-refractivity contribution in [1.29, 1.82) is 0 Å². The Morgan fingerprint density at radius 1 is 1.33 bits per heavy atom. The van der Waals surface area contributed by atoms with Gasteiger partial charge in [-0.05, 0) is 18.8 Å². The number of methoxy groups -OCH3 is 1. The molecule has 5 heteroatoms. The highest BCUT2D eigenvalue weighted by atomic mass is 16.5. The molecule has 1 aliphatic rings. The van der Waals surface area contributed by atoms with Gasteiger partial charge in [0.05, 0.1) is 6.61 Å². The van der Waals surface area contributed by atoms with E-state index in [4.69, 9.17) is 4.74 Å². The Kier molecular flexibility index (Phi) is 6.39. The van der Waals surface area contributed by atoms with Crippen LogP contribution in [-0.4, -0.2) is 43.3 Å². The van der Waals surface area contributed by atoms with Gasteiger partial charge in [-0.3, -0.25) is 0 Å². The highest BCUT2D eigenvalue weighted by Crippen LogP contribution is 2.28. The molecule has 0 saturated heterocycles. The normalized spacial score (nSPS) is 22.2.